The second-order valence-corrected chi connectivity index (χ2v) is 5.67. The van der Waals surface area contributed by atoms with E-state index in [-0.39, 0.29) is 11.8 Å². The Morgan fingerprint density at radius 1 is 1.28 bits per heavy atom. The molecule has 1 atom stereocenters. The van der Waals surface area contributed by atoms with Crippen LogP contribution in [0.3, 0.4) is 0 Å². The minimum Gasteiger partial charge on any atom is -0.480 e. The highest BCUT2D eigenvalue weighted by Gasteiger charge is 2.43. The van der Waals surface area contributed by atoms with Crippen LogP contribution in [0.1, 0.15) is 44.9 Å². The molecule has 0 radical (unpaired) electrons. The van der Waals surface area contributed by atoms with Crippen molar-refractivity contribution >= 4 is 11.9 Å². The standard InChI is InChI=1S/C13H22N2O3/c14-8-13(6-2-1-3-7-13)12(18)15-10(11(16)17)9-4-5-9/h9-10H,1-8,14H2,(H,15,18)(H,16,17). The molecule has 1 unspecified atom stereocenters. The lowest BCUT2D eigenvalue weighted by Crippen LogP contribution is -2.52. The van der Waals surface area contributed by atoms with E-state index in [0.717, 1.165) is 44.9 Å². The van der Waals surface area contributed by atoms with Crippen molar-refractivity contribution in [2.24, 2.45) is 17.1 Å². The van der Waals surface area contributed by atoms with Crippen LogP contribution in [0, 0.1) is 11.3 Å². The molecule has 102 valence electrons. The molecule has 18 heavy (non-hydrogen) atoms. The monoisotopic (exact) mass is 254 g/mol. The number of nitrogens with two attached hydrogens (primary N) is 1. The van der Waals surface area contributed by atoms with Gasteiger partial charge in [-0.1, -0.05) is 19.3 Å². The zero-order valence-corrected chi connectivity index (χ0v) is 10.7. The maximum atomic E-state index is 12.3. The predicted octanol–water partition coefficient (Wildman–Crippen LogP) is 0.875. The summed E-state index contributed by atoms with van der Waals surface area (Å²) in [4.78, 5) is 23.5. The third-order valence-corrected chi connectivity index (χ3v) is 4.33. The van der Waals surface area contributed by atoms with Crippen molar-refractivity contribution in [1.82, 2.24) is 5.32 Å². The number of carbonyl (C=O) groups is 2. The van der Waals surface area contributed by atoms with Gasteiger partial charge in [-0.15, -0.1) is 0 Å². The first-order valence-electron chi connectivity index (χ1n) is 6.83. The molecule has 0 heterocycles. The zero-order valence-electron chi connectivity index (χ0n) is 10.7. The van der Waals surface area contributed by atoms with Crippen LogP contribution in [0.4, 0.5) is 0 Å². The van der Waals surface area contributed by atoms with Crippen molar-refractivity contribution in [2.45, 2.75) is 51.0 Å². The average Bonchev–Trinajstić information content (AvgIpc) is 3.20. The Bertz CT molecular complexity index is 333. The first-order chi connectivity index (χ1) is 8.59. The Balaban J connectivity index is 2.02. The molecular weight excluding hydrogens is 232 g/mol. The first kappa shape index (κ1) is 13.3. The highest BCUT2D eigenvalue weighted by molar-refractivity contribution is 5.88. The maximum Gasteiger partial charge on any atom is 0.326 e. The quantitative estimate of drug-likeness (QED) is 0.679. The minimum atomic E-state index is -0.922. The van der Waals surface area contributed by atoms with Gasteiger partial charge in [-0.05, 0) is 31.6 Å². The molecular formula is C13H22N2O3. The van der Waals surface area contributed by atoms with E-state index in [1.807, 2.05) is 0 Å². The number of carboxylic acid groups (broad SMARTS) is 1. The molecule has 0 spiro atoms. The van der Waals surface area contributed by atoms with E-state index < -0.39 is 17.4 Å². The topological polar surface area (TPSA) is 92.4 Å². The van der Waals surface area contributed by atoms with Crippen molar-refractivity contribution in [2.75, 3.05) is 6.54 Å². The van der Waals surface area contributed by atoms with Gasteiger partial charge in [0.2, 0.25) is 5.91 Å². The summed E-state index contributed by atoms with van der Waals surface area (Å²) in [7, 11) is 0. The van der Waals surface area contributed by atoms with Crippen molar-refractivity contribution in [3.05, 3.63) is 0 Å². The van der Waals surface area contributed by atoms with Gasteiger partial charge in [0.05, 0.1) is 5.41 Å². The summed E-state index contributed by atoms with van der Waals surface area (Å²) in [5.74, 6) is -0.956. The van der Waals surface area contributed by atoms with Gasteiger partial charge in [-0.2, -0.15) is 0 Å². The molecule has 2 fully saturated rings. The number of hydrogen-bond acceptors (Lipinski definition) is 3. The smallest absolute Gasteiger partial charge is 0.326 e. The lowest BCUT2D eigenvalue weighted by molar-refractivity contribution is -0.145. The van der Waals surface area contributed by atoms with Gasteiger partial charge in [0, 0.05) is 6.54 Å². The molecule has 2 rings (SSSR count). The van der Waals surface area contributed by atoms with E-state index >= 15 is 0 Å². The van der Waals surface area contributed by atoms with E-state index in [2.05, 4.69) is 5.32 Å². The Kier molecular flexibility index (Phi) is 3.90. The number of nitrogens with one attached hydrogen (secondary N) is 1. The summed E-state index contributed by atoms with van der Waals surface area (Å²) >= 11 is 0. The van der Waals surface area contributed by atoms with E-state index in [9.17, 15) is 9.59 Å². The summed E-state index contributed by atoms with van der Waals surface area (Å²) in [5, 5.41) is 11.9. The van der Waals surface area contributed by atoms with E-state index in [0.29, 0.717) is 6.54 Å². The van der Waals surface area contributed by atoms with Crippen LogP contribution in [-0.2, 0) is 9.59 Å². The van der Waals surface area contributed by atoms with Gasteiger partial charge in [-0.3, -0.25) is 4.79 Å². The van der Waals surface area contributed by atoms with Gasteiger partial charge in [0.25, 0.3) is 0 Å². The number of rotatable bonds is 5. The van der Waals surface area contributed by atoms with Crippen LogP contribution < -0.4 is 11.1 Å². The molecule has 0 aliphatic heterocycles. The fraction of sp³-hybridized carbons (Fsp3) is 0.846. The van der Waals surface area contributed by atoms with Crippen molar-refractivity contribution in [1.29, 1.82) is 0 Å². The summed E-state index contributed by atoms with van der Waals surface area (Å²) in [6.07, 6.45) is 6.51. The number of amides is 1. The molecule has 5 heteroatoms. The van der Waals surface area contributed by atoms with Gasteiger partial charge in [-0.25, -0.2) is 4.79 Å². The molecule has 0 saturated heterocycles. The Hall–Kier alpha value is -1.10. The summed E-state index contributed by atoms with van der Waals surface area (Å²) in [6.45, 7) is 0.315. The number of carbonyl (C=O) groups excluding carboxylic acids is 1. The predicted molar refractivity (Wildman–Crippen MR) is 66.9 cm³/mol. The first-order valence-corrected chi connectivity index (χ1v) is 6.83. The molecule has 2 aliphatic rings. The SMILES string of the molecule is NCC1(C(=O)NC(C(=O)O)C2CC2)CCCCC1. The minimum absolute atomic E-state index is 0.116. The van der Waals surface area contributed by atoms with E-state index in [1.165, 1.54) is 0 Å². The van der Waals surface area contributed by atoms with E-state index in [4.69, 9.17) is 10.8 Å². The van der Waals surface area contributed by atoms with Crippen LogP contribution in [0.15, 0.2) is 0 Å². The third kappa shape index (κ3) is 2.66. The van der Waals surface area contributed by atoms with Gasteiger partial charge in [0.15, 0.2) is 0 Å². The van der Waals surface area contributed by atoms with Crippen LogP contribution in [0.5, 0.6) is 0 Å². The van der Waals surface area contributed by atoms with Crippen LogP contribution in [-0.4, -0.2) is 29.6 Å². The molecule has 2 aliphatic carbocycles. The van der Waals surface area contributed by atoms with Gasteiger partial charge in [0.1, 0.15) is 6.04 Å². The van der Waals surface area contributed by atoms with Crippen LogP contribution >= 0.6 is 0 Å². The van der Waals surface area contributed by atoms with Crippen molar-refractivity contribution in [3.63, 3.8) is 0 Å². The maximum absolute atomic E-state index is 12.3. The molecule has 2 saturated carbocycles. The third-order valence-electron chi connectivity index (χ3n) is 4.33. The Morgan fingerprint density at radius 2 is 1.89 bits per heavy atom. The van der Waals surface area contributed by atoms with Crippen LogP contribution in [0.25, 0.3) is 0 Å². The summed E-state index contributed by atoms with van der Waals surface area (Å²) in [5.41, 5.74) is 5.25. The highest BCUT2D eigenvalue weighted by atomic mass is 16.4. The summed E-state index contributed by atoms with van der Waals surface area (Å²) < 4.78 is 0. The normalized spacial score (nSPS) is 24.3. The summed E-state index contributed by atoms with van der Waals surface area (Å²) in [6, 6.07) is -0.720. The molecule has 1 amide bonds. The lowest BCUT2D eigenvalue weighted by atomic mass is 9.73. The van der Waals surface area contributed by atoms with Gasteiger partial charge >= 0.3 is 5.97 Å². The molecule has 0 aromatic rings. The van der Waals surface area contributed by atoms with Crippen molar-refractivity contribution < 1.29 is 14.7 Å². The highest BCUT2D eigenvalue weighted by Crippen LogP contribution is 2.37. The average molecular weight is 254 g/mol. The number of hydrogen-bond donors (Lipinski definition) is 3. The lowest BCUT2D eigenvalue weighted by Gasteiger charge is -2.35. The molecule has 0 aromatic carbocycles. The van der Waals surface area contributed by atoms with Crippen molar-refractivity contribution in [3.8, 4) is 0 Å². The number of carboxylic acids is 1. The Labute approximate surface area is 107 Å². The van der Waals surface area contributed by atoms with E-state index in [1.54, 1.807) is 0 Å². The second-order valence-electron chi connectivity index (χ2n) is 5.67. The molecule has 5 nitrogen and oxygen atoms in total. The fourth-order valence-electron chi connectivity index (χ4n) is 2.86. The second kappa shape index (κ2) is 5.26. The van der Waals surface area contributed by atoms with Gasteiger partial charge < -0.3 is 16.2 Å². The zero-order chi connectivity index (χ0) is 13.2. The number of aliphatic carboxylic acids is 1. The molecule has 0 aromatic heterocycles. The van der Waals surface area contributed by atoms with Crippen LogP contribution in [0.2, 0.25) is 0 Å². The molecule has 4 N–H and O–H groups in total. The fourth-order valence-corrected chi connectivity index (χ4v) is 2.86. The molecule has 0 bridgehead atoms. The Morgan fingerprint density at radius 3 is 2.33 bits per heavy atom. The largest absolute Gasteiger partial charge is 0.480 e.